The van der Waals surface area contributed by atoms with Crippen molar-refractivity contribution in [1.29, 1.82) is 5.26 Å². The van der Waals surface area contributed by atoms with E-state index in [0.29, 0.717) is 17.6 Å². The van der Waals surface area contributed by atoms with Crippen molar-refractivity contribution in [3.05, 3.63) is 28.2 Å². The Morgan fingerprint density at radius 2 is 2.38 bits per heavy atom. The SMILES string of the molecule is N#Cc1cc(Br)ccc1OCC=O. The van der Waals surface area contributed by atoms with Gasteiger partial charge in [0.05, 0.1) is 5.56 Å². The van der Waals surface area contributed by atoms with Gasteiger partial charge in [-0.25, -0.2) is 0 Å². The van der Waals surface area contributed by atoms with Crippen LogP contribution in [0.2, 0.25) is 0 Å². The summed E-state index contributed by atoms with van der Waals surface area (Å²) in [6.45, 7) is -0.0314. The molecule has 0 amide bonds. The Bertz CT molecular complexity index is 357. The van der Waals surface area contributed by atoms with Crippen molar-refractivity contribution in [2.45, 2.75) is 0 Å². The number of carbonyl (C=O) groups excluding carboxylic acids is 1. The molecule has 0 saturated heterocycles. The van der Waals surface area contributed by atoms with Crippen molar-refractivity contribution in [2.75, 3.05) is 6.61 Å². The zero-order valence-electron chi connectivity index (χ0n) is 6.66. The maximum absolute atomic E-state index is 10.0. The van der Waals surface area contributed by atoms with Gasteiger partial charge in [0.25, 0.3) is 0 Å². The number of rotatable bonds is 3. The summed E-state index contributed by atoms with van der Waals surface area (Å²) < 4.78 is 5.83. The quantitative estimate of drug-likeness (QED) is 0.758. The predicted octanol–water partition coefficient (Wildman–Crippen LogP) is 1.90. The van der Waals surface area contributed by atoms with E-state index >= 15 is 0 Å². The Balaban J connectivity index is 2.94. The van der Waals surface area contributed by atoms with E-state index in [4.69, 9.17) is 10.00 Å². The van der Waals surface area contributed by atoms with Gasteiger partial charge in [0, 0.05) is 4.47 Å². The molecule has 1 aromatic carbocycles. The van der Waals surface area contributed by atoms with E-state index < -0.39 is 0 Å². The molecule has 4 heteroatoms. The molecule has 0 aliphatic rings. The van der Waals surface area contributed by atoms with Crippen LogP contribution in [0, 0.1) is 11.3 Å². The lowest BCUT2D eigenvalue weighted by molar-refractivity contribution is -0.109. The number of halogens is 1. The second-order valence-corrected chi connectivity index (χ2v) is 3.15. The zero-order valence-corrected chi connectivity index (χ0v) is 8.24. The Morgan fingerprint density at radius 1 is 1.62 bits per heavy atom. The van der Waals surface area contributed by atoms with E-state index in [-0.39, 0.29) is 6.61 Å². The summed E-state index contributed by atoms with van der Waals surface area (Å²) in [6, 6.07) is 7.01. The fourth-order valence-corrected chi connectivity index (χ4v) is 1.20. The Labute approximate surface area is 84.1 Å². The molecule has 0 aliphatic heterocycles. The molecular weight excluding hydrogens is 234 g/mol. The van der Waals surface area contributed by atoms with Crippen LogP contribution in [-0.4, -0.2) is 12.9 Å². The number of hydrogen-bond acceptors (Lipinski definition) is 3. The van der Waals surface area contributed by atoms with Crippen LogP contribution in [0.15, 0.2) is 22.7 Å². The third-order valence-corrected chi connectivity index (χ3v) is 1.86. The average Bonchev–Trinajstić information content (AvgIpc) is 2.16. The second-order valence-electron chi connectivity index (χ2n) is 2.23. The van der Waals surface area contributed by atoms with Gasteiger partial charge in [0.1, 0.15) is 18.4 Å². The van der Waals surface area contributed by atoms with Crippen molar-refractivity contribution in [3.8, 4) is 11.8 Å². The van der Waals surface area contributed by atoms with Gasteiger partial charge >= 0.3 is 0 Å². The van der Waals surface area contributed by atoms with Gasteiger partial charge in [0.15, 0.2) is 6.29 Å². The molecule has 0 radical (unpaired) electrons. The van der Waals surface area contributed by atoms with Crippen molar-refractivity contribution >= 4 is 22.2 Å². The van der Waals surface area contributed by atoms with Gasteiger partial charge < -0.3 is 4.74 Å². The molecule has 0 N–H and O–H groups in total. The van der Waals surface area contributed by atoms with Crippen LogP contribution in [0.4, 0.5) is 0 Å². The van der Waals surface area contributed by atoms with Gasteiger partial charge in [-0.3, -0.25) is 4.79 Å². The fraction of sp³-hybridized carbons (Fsp3) is 0.111. The molecule has 0 unspecified atom stereocenters. The first-order chi connectivity index (χ1) is 6.27. The summed E-state index contributed by atoms with van der Waals surface area (Å²) in [6.07, 6.45) is 0.642. The molecular formula is C9H6BrNO2. The van der Waals surface area contributed by atoms with Gasteiger partial charge in [0.2, 0.25) is 0 Å². The van der Waals surface area contributed by atoms with Crippen LogP contribution < -0.4 is 4.74 Å². The number of nitriles is 1. The summed E-state index contributed by atoms with van der Waals surface area (Å²) in [5, 5.41) is 8.70. The Hall–Kier alpha value is -1.34. The molecule has 13 heavy (non-hydrogen) atoms. The number of benzene rings is 1. The molecule has 0 fully saturated rings. The number of nitrogens with zero attached hydrogens (tertiary/aromatic N) is 1. The third-order valence-electron chi connectivity index (χ3n) is 1.37. The first-order valence-corrected chi connectivity index (χ1v) is 4.33. The van der Waals surface area contributed by atoms with Gasteiger partial charge in [-0.15, -0.1) is 0 Å². The van der Waals surface area contributed by atoms with E-state index in [1.807, 2.05) is 6.07 Å². The highest BCUT2D eigenvalue weighted by Gasteiger charge is 2.02. The maximum Gasteiger partial charge on any atom is 0.157 e. The van der Waals surface area contributed by atoms with Crippen molar-refractivity contribution < 1.29 is 9.53 Å². The molecule has 0 heterocycles. The molecule has 1 aromatic rings. The van der Waals surface area contributed by atoms with Gasteiger partial charge in [-0.2, -0.15) is 5.26 Å². The normalized spacial score (nSPS) is 8.92. The average molecular weight is 240 g/mol. The van der Waals surface area contributed by atoms with Gasteiger partial charge in [-0.1, -0.05) is 15.9 Å². The molecule has 0 aromatic heterocycles. The summed E-state index contributed by atoms with van der Waals surface area (Å²) >= 11 is 3.23. The van der Waals surface area contributed by atoms with Crippen molar-refractivity contribution in [2.24, 2.45) is 0 Å². The summed E-state index contributed by atoms with van der Waals surface area (Å²) in [5.41, 5.74) is 0.413. The van der Waals surface area contributed by atoms with E-state index in [1.54, 1.807) is 18.2 Å². The smallest absolute Gasteiger partial charge is 0.157 e. The Morgan fingerprint density at radius 3 is 3.00 bits per heavy atom. The molecule has 0 aliphatic carbocycles. The number of aldehydes is 1. The fourth-order valence-electron chi connectivity index (χ4n) is 0.839. The minimum Gasteiger partial charge on any atom is -0.485 e. The lowest BCUT2D eigenvalue weighted by atomic mass is 10.2. The van der Waals surface area contributed by atoms with E-state index in [2.05, 4.69) is 15.9 Å². The van der Waals surface area contributed by atoms with Crippen LogP contribution in [0.5, 0.6) is 5.75 Å². The monoisotopic (exact) mass is 239 g/mol. The van der Waals surface area contributed by atoms with E-state index in [0.717, 1.165) is 4.47 Å². The molecule has 0 atom stereocenters. The lowest BCUT2D eigenvalue weighted by Gasteiger charge is -2.03. The first kappa shape index (κ1) is 9.75. The zero-order chi connectivity index (χ0) is 9.68. The Kier molecular flexibility index (Phi) is 3.47. The number of ether oxygens (including phenoxy) is 1. The first-order valence-electron chi connectivity index (χ1n) is 3.54. The lowest BCUT2D eigenvalue weighted by Crippen LogP contribution is -1.99. The molecule has 66 valence electrons. The number of carbonyl (C=O) groups is 1. The van der Waals surface area contributed by atoms with E-state index in [1.165, 1.54) is 0 Å². The summed E-state index contributed by atoms with van der Waals surface area (Å²) in [4.78, 5) is 10.0. The van der Waals surface area contributed by atoms with Gasteiger partial charge in [-0.05, 0) is 18.2 Å². The van der Waals surface area contributed by atoms with Crippen LogP contribution in [-0.2, 0) is 4.79 Å². The van der Waals surface area contributed by atoms with Crippen LogP contribution in [0.1, 0.15) is 5.56 Å². The number of hydrogen-bond donors (Lipinski definition) is 0. The van der Waals surface area contributed by atoms with Crippen LogP contribution in [0.25, 0.3) is 0 Å². The van der Waals surface area contributed by atoms with Crippen molar-refractivity contribution in [1.82, 2.24) is 0 Å². The largest absolute Gasteiger partial charge is 0.485 e. The highest BCUT2D eigenvalue weighted by Crippen LogP contribution is 2.21. The summed E-state index contributed by atoms with van der Waals surface area (Å²) in [5.74, 6) is 0.429. The minimum atomic E-state index is -0.0314. The predicted molar refractivity (Wildman–Crippen MR) is 50.4 cm³/mol. The van der Waals surface area contributed by atoms with Crippen LogP contribution >= 0.6 is 15.9 Å². The third kappa shape index (κ3) is 2.56. The van der Waals surface area contributed by atoms with Crippen LogP contribution in [0.3, 0.4) is 0 Å². The highest BCUT2D eigenvalue weighted by molar-refractivity contribution is 9.10. The molecule has 1 rings (SSSR count). The second kappa shape index (κ2) is 4.63. The molecule has 0 bridgehead atoms. The standard InChI is InChI=1S/C9H6BrNO2/c10-8-1-2-9(13-4-3-12)7(5-8)6-11/h1-3,5H,4H2. The van der Waals surface area contributed by atoms with Crippen molar-refractivity contribution in [3.63, 3.8) is 0 Å². The topological polar surface area (TPSA) is 50.1 Å². The minimum absolute atomic E-state index is 0.0314. The highest BCUT2D eigenvalue weighted by atomic mass is 79.9. The molecule has 3 nitrogen and oxygen atoms in total. The molecule has 0 saturated carbocycles. The maximum atomic E-state index is 10.0. The summed E-state index contributed by atoms with van der Waals surface area (Å²) in [7, 11) is 0. The molecule has 0 spiro atoms. The van der Waals surface area contributed by atoms with E-state index in [9.17, 15) is 4.79 Å².